The first-order chi connectivity index (χ1) is 9.24. The highest BCUT2D eigenvalue weighted by atomic mass is 16.6. The Morgan fingerprint density at radius 1 is 1.00 bits per heavy atom. The molecule has 2 heteroatoms. The van der Waals surface area contributed by atoms with Crippen molar-refractivity contribution < 1.29 is 9.53 Å². The molecule has 2 aliphatic rings. The van der Waals surface area contributed by atoms with Crippen molar-refractivity contribution in [3.63, 3.8) is 0 Å². The molecular weight excluding hydrogens is 236 g/mol. The van der Waals surface area contributed by atoms with Gasteiger partial charge in [0.1, 0.15) is 5.60 Å². The monoisotopic (exact) mass is 264 g/mol. The summed E-state index contributed by atoms with van der Waals surface area (Å²) in [5.74, 6) is 0.542. The quantitative estimate of drug-likeness (QED) is 0.530. The molecule has 2 fully saturated rings. The number of hydrogen-bond donors (Lipinski definition) is 0. The highest BCUT2D eigenvalue weighted by Crippen LogP contribution is 2.41. The second-order valence-corrected chi connectivity index (χ2v) is 6.43. The molecule has 2 atom stereocenters. The Bertz CT molecular complexity index is 310. The Balaban J connectivity index is 2.05. The van der Waals surface area contributed by atoms with Gasteiger partial charge in [-0.25, -0.2) is 4.79 Å². The van der Waals surface area contributed by atoms with Crippen LogP contribution in [0.1, 0.15) is 77.0 Å². The standard InChI is InChI=1S/C17H28O2/c1-2-16(18)19-17-12-8-6-4-3-5-7-10-15(14-17)11-9-13-17/h2,15H,1,3-14H2. The van der Waals surface area contributed by atoms with E-state index in [0.29, 0.717) is 0 Å². The molecule has 108 valence electrons. The third-order valence-corrected chi connectivity index (χ3v) is 4.88. The van der Waals surface area contributed by atoms with Gasteiger partial charge in [0.2, 0.25) is 0 Å². The summed E-state index contributed by atoms with van der Waals surface area (Å²) in [6.07, 6.45) is 16.4. The molecule has 0 aromatic carbocycles. The van der Waals surface area contributed by atoms with Crippen molar-refractivity contribution in [3.05, 3.63) is 12.7 Å². The molecule has 0 radical (unpaired) electrons. The van der Waals surface area contributed by atoms with Crippen LogP contribution in [-0.2, 0) is 9.53 Å². The van der Waals surface area contributed by atoms with Crippen LogP contribution in [0.15, 0.2) is 12.7 Å². The van der Waals surface area contributed by atoms with Gasteiger partial charge in [0, 0.05) is 6.08 Å². The summed E-state index contributed by atoms with van der Waals surface area (Å²) in [7, 11) is 0. The van der Waals surface area contributed by atoms with Gasteiger partial charge in [-0.2, -0.15) is 0 Å². The number of carbonyl (C=O) groups is 1. The normalized spacial score (nSPS) is 32.9. The second-order valence-electron chi connectivity index (χ2n) is 6.43. The van der Waals surface area contributed by atoms with Crippen LogP contribution < -0.4 is 0 Å². The largest absolute Gasteiger partial charge is 0.456 e. The molecular formula is C17H28O2. The predicted octanol–water partition coefficient (Wildman–Crippen LogP) is 4.78. The molecule has 2 saturated carbocycles. The van der Waals surface area contributed by atoms with Crippen molar-refractivity contribution in [1.29, 1.82) is 0 Å². The van der Waals surface area contributed by atoms with Crippen LogP contribution in [0.5, 0.6) is 0 Å². The van der Waals surface area contributed by atoms with Crippen LogP contribution in [0.3, 0.4) is 0 Å². The van der Waals surface area contributed by atoms with Crippen LogP contribution in [0, 0.1) is 5.92 Å². The molecule has 0 aromatic heterocycles. The minimum Gasteiger partial charge on any atom is -0.456 e. The molecule has 0 N–H and O–H groups in total. The van der Waals surface area contributed by atoms with E-state index in [1.54, 1.807) is 0 Å². The van der Waals surface area contributed by atoms with E-state index in [0.717, 1.165) is 25.2 Å². The SMILES string of the molecule is C=CC(=O)OC12CCCCCCCCC(CCC1)C2. The summed E-state index contributed by atoms with van der Waals surface area (Å²) in [6.45, 7) is 3.54. The van der Waals surface area contributed by atoms with E-state index in [-0.39, 0.29) is 11.6 Å². The lowest BCUT2D eigenvalue weighted by molar-refractivity contribution is -0.160. The van der Waals surface area contributed by atoms with Gasteiger partial charge in [0.05, 0.1) is 0 Å². The fraction of sp³-hybridized carbons (Fsp3) is 0.824. The number of rotatable bonds is 2. The van der Waals surface area contributed by atoms with Gasteiger partial charge in [0.25, 0.3) is 0 Å². The molecule has 0 heterocycles. The zero-order valence-electron chi connectivity index (χ0n) is 12.2. The van der Waals surface area contributed by atoms with E-state index in [1.807, 2.05) is 0 Å². The summed E-state index contributed by atoms with van der Waals surface area (Å²) in [5, 5.41) is 0. The van der Waals surface area contributed by atoms with E-state index < -0.39 is 0 Å². The van der Waals surface area contributed by atoms with Gasteiger partial charge in [-0.3, -0.25) is 0 Å². The third-order valence-electron chi connectivity index (χ3n) is 4.88. The molecule has 2 bridgehead atoms. The first-order valence-electron chi connectivity index (χ1n) is 8.09. The summed E-state index contributed by atoms with van der Waals surface area (Å²) in [5.41, 5.74) is -0.168. The van der Waals surface area contributed by atoms with Crippen LogP contribution in [0.4, 0.5) is 0 Å². The smallest absolute Gasteiger partial charge is 0.330 e. The summed E-state index contributed by atoms with van der Waals surface area (Å²) in [4.78, 5) is 11.7. The first kappa shape index (κ1) is 14.6. The van der Waals surface area contributed by atoms with Crippen molar-refractivity contribution in [2.45, 2.75) is 82.7 Å². The molecule has 0 saturated heterocycles. The Morgan fingerprint density at radius 2 is 1.63 bits per heavy atom. The summed E-state index contributed by atoms with van der Waals surface area (Å²) >= 11 is 0. The third kappa shape index (κ3) is 4.36. The zero-order chi connectivity index (χ0) is 13.6. The number of esters is 1. The topological polar surface area (TPSA) is 26.3 Å². The average Bonchev–Trinajstić information content (AvgIpc) is 2.44. The van der Waals surface area contributed by atoms with Gasteiger partial charge >= 0.3 is 5.97 Å². The predicted molar refractivity (Wildman–Crippen MR) is 77.9 cm³/mol. The molecule has 0 spiro atoms. The molecule has 0 aliphatic heterocycles. The summed E-state index contributed by atoms with van der Waals surface area (Å²) < 4.78 is 5.81. The van der Waals surface area contributed by atoms with Gasteiger partial charge in [-0.05, 0) is 38.0 Å². The van der Waals surface area contributed by atoms with Crippen molar-refractivity contribution in [3.8, 4) is 0 Å². The van der Waals surface area contributed by atoms with Gasteiger partial charge in [-0.1, -0.05) is 51.5 Å². The minimum atomic E-state index is -0.226. The molecule has 2 rings (SSSR count). The maximum Gasteiger partial charge on any atom is 0.330 e. The zero-order valence-corrected chi connectivity index (χ0v) is 12.2. The van der Waals surface area contributed by atoms with Crippen LogP contribution in [0.2, 0.25) is 0 Å². The minimum absolute atomic E-state index is 0.168. The lowest BCUT2D eigenvalue weighted by Crippen LogP contribution is -2.40. The molecule has 0 aromatic rings. The van der Waals surface area contributed by atoms with E-state index in [1.165, 1.54) is 63.9 Å². The highest BCUT2D eigenvalue weighted by Gasteiger charge is 2.38. The Morgan fingerprint density at radius 3 is 2.42 bits per heavy atom. The van der Waals surface area contributed by atoms with Crippen molar-refractivity contribution in [2.24, 2.45) is 5.92 Å². The van der Waals surface area contributed by atoms with Gasteiger partial charge < -0.3 is 4.74 Å². The van der Waals surface area contributed by atoms with E-state index >= 15 is 0 Å². The van der Waals surface area contributed by atoms with Crippen molar-refractivity contribution >= 4 is 5.97 Å². The van der Waals surface area contributed by atoms with Crippen LogP contribution in [-0.4, -0.2) is 11.6 Å². The summed E-state index contributed by atoms with van der Waals surface area (Å²) in [6, 6.07) is 0. The maximum atomic E-state index is 11.7. The Labute approximate surface area is 117 Å². The molecule has 19 heavy (non-hydrogen) atoms. The van der Waals surface area contributed by atoms with Crippen molar-refractivity contribution in [1.82, 2.24) is 0 Å². The van der Waals surface area contributed by atoms with Crippen molar-refractivity contribution in [2.75, 3.05) is 0 Å². The highest BCUT2D eigenvalue weighted by molar-refractivity contribution is 5.81. The van der Waals surface area contributed by atoms with Gasteiger partial charge in [-0.15, -0.1) is 0 Å². The number of fused-ring (bicyclic) bond motifs is 2. The average molecular weight is 264 g/mol. The van der Waals surface area contributed by atoms with Crippen LogP contribution in [0.25, 0.3) is 0 Å². The Hall–Kier alpha value is -0.790. The lowest BCUT2D eigenvalue weighted by atomic mass is 9.74. The molecule has 2 unspecified atom stereocenters. The Kier molecular flexibility index (Phi) is 5.47. The fourth-order valence-corrected chi connectivity index (χ4v) is 3.90. The number of hydrogen-bond acceptors (Lipinski definition) is 2. The maximum absolute atomic E-state index is 11.7. The molecule has 2 nitrogen and oxygen atoms in total. The molecule has 2 aliphatic carbocycles. The molecule has 0 amide bonds. The first-order valence-corrected chi connectivity index (χ1v) is 8.09. The van der Waals surface area contributed by atoms with E-state index in [4.69, 9.17) is 4.74 Å². The van der Waals surface area contributed by atoms with Gasteiger partial charge in [0.15, 0.2) is 0 Å². The second kappa shape index (κ2) is 7.12. The number of ether oxygens (including phenoxy) is 1. The lowest BCUT2D eigenvalue weighted by Gasteiger charge is -2.40. The fourth-order valence-electron chi connectivity index (χ4n) is 3.90. The van der Waals surface area contributed by atoms with E-state index in [2.05, 4.69) is 6.58 Å². The van der Waals surface area contributed by atoms with Crippen LogP contribution >= 0.6 is 0 Å². The van der Waals surface area contributed by atoms with E-state index in [9.17, 15) is 4.79 Å². The number of carbonyl (C=O) groups excluding carboxylic acids is 1.